The third-order valence-corrected chi connectivity index (χ3v) is 6.18. The number of rotatable bonds is 4. The van der Waals surface area contributed by atoms with Gasteiger partial charge in [0.2, 0.25) is 0 Å². The van der Waals surface area contributed by atoms with Crippen LogP contribution in [0.1, 0.15) is 65.0 Å². The summed E-state index contributed by atoms with van der Waals surface area (Å²) in [6.45, 7) is 3.97. The third kappa shape index (κ3) is 3.80. The van der Waals surface area contributed by atoms with Crippen LogP contribution in [0.2, 0.25) is 0 Å². The van der Waals surface area contributed by atoms with Crippen molar-refractivity contribution in [2.24, 2.45) is 0 Å². The largest absolute Gasteiger partial charge is 0.467 e. The predicted octanol–water partition coefficient (Wildman–Crippen LogP) is 4.09. The SMILES string of the molecule is O=C(c1cnc(CN2CCCC2)s1)N1CCCCC[C@H]1c1ccco1. The van der Waals surface area contributed by atoms with Crippen LogP contribution in [0, 0.1) is 0 Å². The van der Waals surface area contributed by atoms with Gasteiger partial charge >= 0.3 is 0 Å². The topological polar surface area (TPSA) is 49.6 Å². The molecule has 0 spiro atoms. The Bertz CT molecular complexity index is 691. The van der Waals surface area contributed by atoms with E-state index in [-0.39, 0.29) is 11.9 Å². The number of furan rings is 1. The molecule has 134 valence electrons. The smallest absolute Gasteiger partial charge is 0.266 e. The molecule has 2 saturated heterocycles. The number of hydrogen-bond donors (Lipinski definition) is 0. The number of nitrogens with zero attached hydrogens (tertiary/aromatic N) is 3. The Balaban J connectivity index is 1.50. The standard InChI is InChI=1S/C19H25N3O2S/c23-19(17-13-20-18(25-17)14-21-9-4-5-10-21)22-11-3-1-2-7-15(22)16-8-6-12-24-16/h6,8,12-13,15H,1-5,7,9-11,14H2/t15-/m0/s1. The fraction of sp³-hybridized carbons (Fsp3) is 0.579. The highest BCUT2D eigenvalue weighted by Gasteiger charge is 2.30. The van der Waals surface area contributed by atoms with Crippen molar-refractivity contribution in [1.82, 2.24) is 14.8 Å². The lowest BCUT2D eigenvalue weighted by atomic mass is 10.1. The molecule has 25 heavy (non-hydrogen) atoms. The first-order valence-electron chi connectivity index (χ1n) is 9.33. The van der Waals surface area contributed by atoms with E-state index in [4.69, 9.17) is 4.42 Å². The molecule has 2 aromatic heterocycles. The normalized spacial score (nSPS) is 22.2. The van der Waals surface area contributed by atoms with Gasteiger partial charge in [-0.1, -0.05) is 12.8 Å². The van der Waals surface area contributed by atoms with Crippen LogP contribution >= 0.6 is 11.3 Å². The molecule has 0 bridgehead atoms. The van der Waals surface area contributed by atoms with E-state index in [9.17, 15) is 4.79 Å². The first-order valence-corrected chi connectivity index (χ1v) is 10.1. The average Bonchev–Trinajstić information content (AvgIpc) is 3.36. The summed E-state index contributed by atoms with van der Waals surface area (Å²) in [6, 6.07) is 3.94. The molecule has 4 rings (SSSR count). The molecule has 2 aliphatic heterocycles. The lowest BCUT2D eigenvalue weighted by Gasteiger charge is -2.28. The summed E-state index contributed by atoms with van der Waals surface area (Å²) in [7, 11) is 0. The van der Waals surface area contributed by atoms with Crippen molar-refractivity contribution in [3.63, 3.8) is 0 Å². The van der Waals surface area contributed by atoms with Crippen molar-refractivity contribution in [2.75, 3.05) is 19.6 Å². The maximum Gasteiger partial charge on any atom is 0.266 e. The molecule has 2 aromatic rings. The number of carbonyl (C=O) groups is 1. The van der Waals surface area contributed by atoms with Crippen LogP contribution in [0.5, 0.6) is 0 Å². The van der Waals surface area contributed by atoms with Crippen LogP contribution in [0.3, 0.4) is 0 Å². The van der Waals surface area contributed by atoms with Gasteiger partial charge in [-0.25, -0.2) is 4.98 Å². The number of likely N-dealkylation sites (tertiary alicyclic amines) is 2. The van der Waals surface area contributed by atoms with Crippen molar-refractivity contribution < 1.29 is 9.21 Å². The molecule has 0 radical (unpaired) electrons. The van der Waals surface area contributed by atoms with Gasteiger partial charge < -0.3 is 9.32 Å². The molecule has 1 amide bonds. The van der Waals surface area contributed by atoms with Crippen LogP contribution in [-0.4, -0.2) is 40.3 Å². The van der Waals surface area contributed by atoms with Gasteiger partial charge in [0.25, 0.3) is 5.91 Å². The van der Waals surface area contributed by atoms with Gasteiger partial charge in [0.15, 0.2) is 0 Å². The summed E-state index contributed by atoms with van der Waals surface area (Å²) in [5.41, 5.74) is 0. The summed E-state index contributed by atoms with van der Waals surface area (Å²) in [4.78, 5) is 22.8. The Morgan fingerprint density at radius 2 is 2.04 bits per heavy atom. The van der Waals surface area contributed by atoms with Crippen molar-refractivity contribution in [3.05, 3.63) is 40.2 Å². The second-order valence-corrected chi connectivity index (χ2v) is 8.10. The van der Waals surface area contributed by atoms with Crippen molar-refractivity contribution in [1.29, 1.82) is 0 Å². The highest BCUT2D eigenvalue weighted by molar-refractivity contribution is 7.13. The molecule has 4 heterocycles. The lowest BCUT2D eigenvalue weighted by molar-refractivity contribution is 0.0663. The van der Waals surface area contributed by atoms with Gasteiger partial charge in [-0.05, 0) is 50.9 Å². The van der Waals surface area contributed by atoms with Crippen molar-refractivity contribution >= 4 is 17.2 Å². The second kappa shape index (κ2) is 7.70. The zero-order chi connectivity index (χ0) is 17.1. The summed E-state index contributed by atoms with van der Waals surface area (Å²) in [5, 5.41) is 1.05. The fourth-order valence-corrected chi connectivity index (χ4v) is 4.80. The fourth-order valence-electron chi connectivity index (χ4n) is 3.88. The summed E-state index contributed by atoms with van der Waals surface area (Å²) >= 11 is 1.55. The van der Waals surface area contributed by atoms with Crippen LogP contribution in [0.4, 0.5) is 0 Å². The van der Waals surface area contributed by atoms with E-state index in [0.717, 1.165) is 61.1 Å². The molecule has 2 fully saturated rings. The maximum absolute atomic E-state index is 13.1. The lowest BCUT2D eigenvalue weighted by Crippen LogP contribution is -2.34. The Hall–Kier alpha value is -1.66. The molecule has 2 aliphatic rings. The van der Waals surface area contributed by atoms with Crippen molar-refractivity contribution in [2.45, 2.75) is 51.1 Å². The van der Waals surface area contributed by atoms with Crippen LogP contribution in [0.25, 0.3) is 0 Å². The molecule has 0 aliphatic carbocycles. The zero-order valence-electron chi connectivity index (χ0n) is 14.5. The Morgan fingerprint density at radius 1 is 1.20 bits per heavy atom. The first kappa shape index (κ1) is 16.8. The minimum Gasteiger partial charge on any atom is -0.467 e. The molecular weight excluding hydrogens is 334 g/mol. The molecule has 1 atom stereocenters. The van der Waals surface area contributed by atoms with E-state index in [1.165, 1.54) is 19.3 Å². The van der Waals surface area contributed by atoms with Crippen molar-refractivity contribution in [3.8, 4) is 0 Å². The number of carbonyl (C=O) groups excluding carboxylic acids is 1. The minimum atomic E-state index is 0.0501. The highest BCUT2D eigenvalue weighted by Crippen LogP contribution is 2.32. The van der Waals surface area contributed by atoms with Crippen LogP contribution < -0.4 is 0 Å². The van der Waals surface area contributed by atoms with Gasteiger partial charge in [-0.2, -0.15) is 0 Å². The van der Waals surface area contributed by atoms with Gasteiger partial charge in [-0.15, -0.1) is 11.3 Å². The third-order valence-electron chi connectivity index (χ3n) is 5.21. The van der Waals surface area contributed by atoms with Crippen LogP contribution in [-0.2, 0) is 6.54 Å². The maximum atomic E-state index is 13.1. The number of aromatic nitrogens is 1. The summed E-state index contributed by atoms with van der Waals surface area (Å²) in [6.07, 6.45) is 10.3. The Labute approximate surface area is 152 Å². The van der Waals surface area contributed by atoms with Gasteiger partial charge in [0.05, 0.1) is 25.0 Å². The minimum absolute atomic E-state index is 0.0501. The quantitative estimate of drug-likeness (QED) is 0.825. The van der Waals surface area contributed by atoms with Gasteiger partial charge in [-0.3, -0.25) is 9.69 Å². The summed E-state index contributed by atoms with van der Waals surface area (Å²) < 4.78 is 5.63. The Kier molecular flexibility index (Phi) is 5.17. The molecule has 0 N–H and O–H groups in total. The van der Waals surface area contributed by atoms with E-state index in [0.29, 0.717) is 0 Å². The molecular formula is C19H25N3O2S. The Morgan fingerprint density at radius 3 is 2.84 bits per heavy atom. The number of hydrogen-bond acceptors (Lipinski definition) is 5. The number of thiazole rings is 1. The zero-order valence-corrected chi connectivity index (χ0v) is 15.3. The van der Waals surface area contributed by atoms with Gasteiger partial charge in [0, 0.05) is 6.54 Å². The summed E-state index contributed by atoms with van der Waals surface area (Å²) in [5.74, 6) is 1.01. The molecule has 6 heteroatoms. The molecule has 0 aromatic carbocycles. The highest BCUT2D eigenvalue weighted by atomic mass is 32.1. The predicted molar refractivity (Wildman–Crippen MR) is 97.6 cm³/mol. The van der Waals surface area contributed by atoms with E-state index >= 15 is 0 Å². The molecule has 0 unspecified atom stereocenters. The number of amides is 1. The van der Waals surface area contributed by atoms with E-state index in [1.807, 2.05) is 17.0 Å². The second-order valence-electron chi connectivity index (χ2n) is 6.98. The molecule has 0 saturated carbocycles. The average molecular weight is 359 g/mol. The van der Waals surface area contributed by atoms with E-state index in [2.05, 4.69) is 9.88 Å². The first-order chi connectivity index (χ1) is 12.3. The van der Waals surface area contributed by atoms with E-state index < -0.39 is 0 Å². The van der Waals surface area contributed by atoms with Gasteiger partial charge in [0.1, 0.15) is 15.6 Å². The molecule has 5 nitrogen and oxygen atoms in total. The monoisotopic (exact) mass is 359 g/mol. The van der Waals surface area contributed by atoms with Crippen LogP contribution in [0.15, 0.2) is 29.0 Å². The van der Waals surface area contributed by atoms with E-state index in [1.54, 1.807) is 23.8 Å².